The van der Waals surface area contributed by atoms with Crippen molar-refractivity contribution >= 4 is 35.0 Å². The van der Waals surface area contributed by atoms with E-state index in [1.807, 2.05) is 0 Å². The van der Waals surface area contributed by atoms with Crippen molar-refractivity contribution in [2.45, 2.75) is 23.8 Å². The second kappa shape index (κ2) is 9.42. The number of carbonyl (C=O) groups excluding carboxylic acids is 2. The molecule has 1 aliphatic rings. The Kier molecular flexibility index (Phi) is 6.71. The Balaban J connectivity index is 1.56. The van der Waals surface area contributed by atoms with Gasteiger partial charge in [0.15, 0.2) is 0 Å². The van der Waals surface area contributed by atoms with Gasteiger partial charge in [-0.1, -0.05) is 0 Å². The number of anilines is 1. The van der Waals surface area contributed by atoms with E-state index in [-0.39, 0.29) is 23.3 Å². The number of non-ortho nitro benzene ring substituents is 1. The van der Waals surface area contributed by atoms with Gasteiger partial charge in [0.2, 0.25) is 11.8 Å². The quantitative estimate of drug-likeness (QED) is 0.423. The number of hydrogen-bond acceptors (Lipinski definition) is 6. The fraction of sp³-hybridized carbons (Fsp3) is 0.300. The molecular formula is C20H21N3O5S. The minimum Gasteiger partial charge on any atom is -0.497 e. The van der Waals surface area contributed by atoms with Gasteiger partial charge >= 0.3 is 0 Å². The summed E-state index contributed by atoms with van der Waals surface area (Å²) < 4.78 is 5.10. The number of thioether (sulfide) groups is 1. The van der Waals surface area contributed by atoms with E-state index in [0.717, 1.165) is 11.3 Å². The van der Waals surface area contributed by atoms with Crippen LogP contribution < -0.4 is 10.1 Å². The highest BCUT2D eigenvalue weighted by molar-refractivity contribution is 8.00. The first kappa shape index (κ1) is 20.7. The number of rotatable bonds is 7. The summed E-state index contributed by atoms with van der Waals surface area (Å²) >= 11 is 1.30. The summed E-state index contributed by atoms with van der Waals surface area (Å²) in [6.45, 7) is 0.542. The Hall–Kier alpha value is -3.07. The van der Waals surface area contributed by atoms with Crippen molar-refractivity contribution in [1.82, 2.24) is 4.90 Å². The van der Waals surface area contributed by atoms with Crippen LogP contribution in [0.5, 0.6) is 5.75 Å². The molecule has 1 aliphatic heterocycles. The first-order chi connectivity index (χ1) is 14.0. The first-order valence-corrected chi connectivity index (χ1v) is 10.1. The molecule has 0 aliphatic carbocycles. The average Bonchev–Trinajstić information content (AvgIpc) is 3.23. The third-order valence-corrected chi connectivity index (χ3v) is 5.64. The lowest BCUT2D eigenvalue weighted by atomic mass is 10.2. The van der Waals surface area contributed by atoms with Crippen LogP contribution in [0, 0.1) is 10.1 Å². The van der Waals surface area contributed by atoms with E-state index in [1.165, 1.54) is 23.9 Å². The Bertz CT molecular complexity index is 886. The minimum absolute atomic E-state index is 0.00971. The van der Waals surface area contributed by atoms with Gasteiger partial charge in [0.25, 0.3) is 5.69 Å². The van der Waals surface area contributed by atoms with Gasteiger partial charge in [-0.25, -0.2) is 0 Å². The maximum absolute atomic E-state index is 12.7. The highest BCUT2D eigenvalue weighted by Gasteiger charge is 2.33. The molecule has 2 aromatic carbocycles. The van der Waals surface area contributed by atoms with Crippen LogP contribution in [-0.4, -0.2) is 47.1 Å². The van der Waals surface area contributed by atoms with Gasteiger partial charge in [-0.3, -0.25) is 19.7 Å². The van der Waals surface area contributed by atoms with E-state index >= 15 is 0 Å². The summed E-state index contributed by atoms with van der Waals surface area (Å²) in [5, 5.41) is 13.6. The number of methoxy groups -OCH3 is 1. The zero-order valence-corrected chi connectivity index (χ0v) is 16.7. The summed E-state index contributed by atoms with van der Waals surface area (Å²) in [5.41, 5.74) is 0.658. The van der Waals surface area contributed by atoms with Crippen LogP contribution in [0.3, 0.4) is 0 Å². The first-order valence-electron chi connectivity index (χ1n) is 9.09. The van der Waals surface area contributed by atoms with Crippen LogP contribution in [-0.2, 0) is 9.59 Å². The molecule has 1 saturated heterocycles. The molecule has 0 spiro atoms. The Morgan fingerprint density at radius 2 is 1.90 bits per heavy atom. The van der Waals surface area contributed by atoms with Crippen LogP contribution in [0.1, 0.15) is 12.8 Å². The average molecular weight is 415 g/mol. The van der Waals surface area contributed by atoms with Gasteiger partial charge in [0, 0.05) is 29.3 Å². The number of benzene rings is 2. The lowest BCUT2D eigenvalue weighted by Gasteiger charge is -2.24. The van der Waals surface area contributed by atoms with Crippen molar-refractivity contribution in [1.29, 1.82) is 0 Å². The minimum atomic E-state index is -0.498. The number of carbonyl (C=O) groups is 2. The number of nitrogens with zero attached hydrogens (tertiary/aromatic N) is 2. The summed E-state index contributed by atoms with van der Waals surface area (Å²) in [7, 11) is 1.57. The molecule has 0 bridgehead atoms. The smallest absolute Gasteiger partial charge is 0.269 e. The number of hydrogen-bond donors (Lipinski definition) is 1. The monoisotopic (exact) mass is 415 g/mol. The van der Waals surface area contributed by atoms with Crippen molar-refractivity contribution in [3.63, 3.8) is 0 Å². The number of nitrogens with one attached hydrogen (secondary N) is 1. The lowest BCUT2D eigenvalue weighted by Crippen LogP contribution is -2.43. The predicted molar refractivity (Wildman–Crippen MR) is 110 cm³/mol. The lowest BCUT2D eigenvalue weighted by molar-refractivity contribution is -0.384. The number of amides is 2. The van der Waals surface area contributed by atoms with Crippen molar-refractivity contribution in [2.24, 2.45) is 0 Å². The summed E-state index contributed by atoms with van der Waals surface area (Å²) in [6, 6.07) is 12.6. The predicted octanol–water partition coefficient (Wildman–Crippen LogP) is 3.33. The molecule has 1 fully saturated rings. The van der Waals surface area contributed by atoms with Crippen molar-refractivity contribution in [3.05, 3.63) is 58.6 Å². The van der Waals surface area contributed by atoms with Crippen LogP contribution in [0.15, 0.2) is 53.4 Å². The molecule has 0 aromatic heterocycles. The molecule has 0 radical (unpaired) electrons. The van der Waals surface area contributed by atoms with Crippen molar-refractivity contribution in [2.75, 3.05) is 24.7 Å². The fourth-order valence-electron chi connectivity index (χ4n) is 3.13. The van der Waals surface area contributed by atoms with Crippen LogP contribution in [0.4, 0.5) is 11.4 Å². The van der Waals surface area contributed by atoms with Crippen LogP contribution in [0.2, 0.25) is 0 Å². The SMILES string of the molecule is COc1ccc(NC(=O)C2CCCN2C(=O)CSc2ccc([N+](=O)[O-])cc2)cc1. The van der Waals surface area contributed by atoms with Crippen LogP contribution >= 0.6 is 11.8 Å². The van der Waals surface area contributed by atoms with Gasteiger partial charge in [-0.05, 0) is 49.2 Å². The molecule has 1 unspecified atom stereocenters. The molecular weight excluding hydrogens is 394 g/mol. The molecule has 29 heavy (non-hydrogen) atoms. The highest BCUT2D eigenvalue weighted by atomic mass is 32.2. The summed E-state index contributed by atoms with van der Waals surface area (Å²) in [6.07, 6.45) is 1.39. The molecule has 9 heteroatoms. The van der Waals surface area contributed by atoms with E-state index < -0.39 is 11.0 Å². The molecule has 1 atom stereocenters. The number of likely N-dealkylation sites (tertiary alicyclic amines) is 1. The second-order valence-corrected chi connectivity index (χ2v) is 7.55. The number of nitro groups is 1. The van der Waals surface area contributed by atoms with Crippen molar-refractivity contribution in [3.8, 4) is 5.75 Å². The Morgan fingerprint density at radius 1 is 1.21 bits per heavy atom. The van der Waals surface area contributed by atoms with Gasteiger partial charge in [-0.15, -0.1) is 11.8 Å². The Morgan fingerprint density at radius 3 is 2.52 bits per heavy atom. The van der Waals surface area contributed by atoms with E-state index in [1.54, 1.807) is 48.4 Å². The third kappa shape index (κ3) is 5.26. The molecule has 152 valence electrons. The summed E-state index contributed by atoms with van der Waals surface area (Å²) in [4.78, 5) is 37.9. The Labute approximate surface area is 172 Å². The zero-order valence-electron chi connectivity index (χ0n) is 15.9. The van der Waals surface area contributed by atoms with Gasteiger partial charge < -0.3 is 15.0 Å². The standard InChI is InChI=1S/C20H21N3O5S/c1-28-16-8-4-14(5-9-16)21-20(25)18-3-2-12-22(18)19(24)13-29-17-10-6-15(7-11-17)23(26)27/h4-11,18H,2-3,12-13H2,1H3,(H,21,25). The third-order valence-electron chi connectivity index (χ3n) is 4.64. The topological polar surface area (TPSA) is 102 Å². The molecule has 1 heterocycles. The zero-order chi connectivity index (χ0) is 20.8. The molecule has 2 aromatic rings. The molecule has 8 nitrogen and oxygen atoms in total. The number of nitro benzene ring substituents is 1. The van der Waals surface area contributed by atoms with Gasteiger partial charge in [0.1, 0.15) is 11.8 Å². The molecule has 1 N–H and O–H groups in total. The second-order valence-electron chi connectivity index (χ2n) is 6.50. The maximum Gasteiger partial charge on any atom is 0.269 e. The maximum atomic E-state index is 12.7. The van der Waals surface area contributed by atoms with E-state index in [0.29, 0.717) is 24.4 Å². The molecule has 2 amide bonds. The van der Waals surface area contributed by atoms with E-state index in [2.05, 4.69) is 5.32 Å². The van der Waals surface area contributed by atoms with Crippen LogP contribution in [0.25, 0.3) is 0 Å². The van der Waals surface area contributed by atoms with Gasteiger partial charge in [0.05, 0.1) is 17.8 Å². The highest BCUT2D eigenvalue weighted by Crippen LogP contribution is 2.25. The van der Waals surface area contributed by atoms with Crippen molar-refractivity contribution < 1.29 is 19.2 Å². The van der Waals surface area contributed by atoms with Gasteiger partial charge in [-0.2, -0.15) is 0 Å². The molecule has 0 saturated carbocycles. The summed E-state index contributed by atoms with van der Waals surface area (Å²) in [5.74, 6) is 0.537. The fourth-order valence-corrected chi connectivity index (χ4v) is 3.91. The molecule has 3 rings (SSSR count). The van der Waals surface area contributed by atoms with E-state index in [9.17, 15) is 19.7 Å². The number of ether oxygens (including phenoxy) is 1. The largest absolute Gasteiger partial charge is 0.497 e. The van der Waals surface area contributed by atoms with E-state index in [4.69, 9.17) is 4.74 Å². The normalized spacial score (nSPS) is 15.8.